The van der Waals surface area contributed by atoms with Gasteiger partial charge in [0.15, 0.2) is 0 Å². The van der Waals surface area contributed by atoms with Crippen LogP contribution in [-0.4, -0.2) is 13.7 Å². The monoisotopic (exact) mass is 255 g/mol. The standard InChI is InChI=1S/C17H21NO/c1-4-19-17-11-9-16(10-12-17)15-7-5-14(6-8-15)13(2)18-3/h5-13,18H,4H2,1-3H3. The molecule has 0 fully saturated rings. The zero-order valence-electron chi connectivity index (χ0n) is 11.8. The average molecular weight is 255 g/mol. The molecule has 0 amide bonds. The Kier molecular flexibility index (Phi) is 4.58. The van der Waals surface area contributed by atoms with E-state index in [0.717, 1.165) is 5.75 Å². The molecule has 0 aliphatic rings. The number of nitrogens with one attached hydrogen (secondary N) is 1. The zero-order chi connectivity index (χ0) is 13.7. The second-order valence-electron chi connectivity index (χ2n) is 4.59. The number of benzene rings is 2. The Balaban J connectivity index is 2.17. The average Bonchev–Trinajstić information content (AvgIpc) is 2.48. The van der Waals surface area contributed by atoms with Gasteiger partial charge in [0.25, 0.3) is 0 Å². The Morgan fingerprint density at radius 3 is 1.95 bits per heavy atom. The van der Waals surface area contributed by atoms with Gasteiger partial charge in [-0.3, -0.25) is 0 Å². The molecule has 0 heterocycles. The van der Waals surface area contributed by atoms with E-state index >= 15 is 0 Å². The maximum Gasteiger partial charge on any atom is 0.119 e. The van der Waals surface area contributed by atoms with Crippen LogP contribution in [0.25, 0.3) is 11.1 Å². The maximum absolute atomic E-state index is 5.45. The highest BCUT2D eigenvalue weighted by atomic mass is 16.5. The van der Waals surface area contributed by atoms with E-state index in [2.05, 4.69) is 48.6 Å². The minimum absolute atomic E-state index is 0.384. The predicted octanol–water partition coefficient (Wildman–Crippen LogP) is 4.03. The summed E-state index contributed by atoms with van der Waals surface area (Å²) >= 11 is 0. The molecule has 0 saturated carbocycles. The van der Waals surface area contributed by atoms with Crippen molar-refractivity contribution in [2.45, 2.75) is 19.9 Å². The van der Waals surface area contributed by atoms with Crippen LogP contribution in [0.5, 0.6) is 5.75 Å². The van der Waals surface area contributed by atoms with E-state index in [9.17, 15) is 0 Å². The molecule has 0 spiro atoms. The molecule has 0 aliphatic heterocycles. The van der Waals surface area contributed by atoms with Crippen LogP contribution in [0.3, 0.4) is 0 Å². The quantitative estimate of drug-likeness (QED) is 0.871. The molecule has 2 aromatic rings. The van der Waals surface area contributed by atoms with Crippen molar-refractivity contribution in [3.05, 3.63) is 54.1 Å². The van der Waals surface area contributed by atoms with Crippen LogP contribution < -0.4 is 10.1 Å². The van der Waals surface area contributed by atoms with Crippen LogP contribution in [0.2, 0.25) is 0 Å². The van der Waals surface area contributed by atoms with Gasteiger partial charge in [-0.1, -0.05) is 36.4 Å². The van der Waals surface area contributed by atoms with Gasteiger partial charge in [0.1, 0.15) is 5.75 Å². The minimum Gasteiger partial charge on any atom is -0.494 e. The molecule has 0 aliphatic carbocycles. The zero-order valence-corrected chi connectivity index (χ0v) is 11.8. The molecule has 2 aromatic carbocycles. The third-order valence-corrected chi connectivity index (χ3v) is 3.34. The summed E-state index contributed by atoms with van der Waals surface area (Å²) in [5, 5.41) is 3.25. The van der Waals surface area contributed by atoms with Crippen molar-refractivity contribution in [2.75, 3.05) is 13.7 Å². The molecule has 2 nitrogen and oxygen atoms in total. The largest absolute Gasteiger partial charge is 0.494 e. The minimum atomic E-state index is 0.384. The van der Waals surface area contributed by atoms with Crippen LogP contribution in [0.4, 0.5) is 0 Å². The summed E-state index contributed by atoms with van der Waals surface area (Å²) in [5.41, 5.74) is 3.75. The Morgan fingerprint density at radius 1 is 0.947 bits per heavy atom. The number of ether oxygens (including phenoxy) is 1. The SMILES string of the molecule is CCOc1ccc(-c2ccc(C(C)NC)cc2)cc1. The van der Waals surface area contributed by atoms with Crippen molar-refractivity contribution >= 4 is 0 Å². The Hall–Kier alpha value is -1.80. The maximum atomic E-state index is 5.45. The number of rotatable bonds is 5. The summed E-state index contributed by atoms with van der Waals surface area (Å²) in [6.07, 6.45) is 0. The predicted molar refractivity (Wildman–Crippen MR) is 80.5 cm³/mol. The van der Waals surface area contributed by atoms with Crippen molar-refractivity contribution < 1.29 is 4.74 Å². The molecule has 1 unspecified atom stereocenters. The highest BCUT2D eigenvalue weighted by molar-refractivity contribution is 5.64. The normalized spacial score (nSPS) is 12.2. The lowest BCUT2D eigenvalue weighted by atomic mass is 10.0. The summed E-state index contributed by atoms with van der Waals surface area (Å²) in [5.74, 6) is 0.923. The molecule has 0 bridgehead atoms. The van der Waals surface area contributed by atoms with Gasteiger partial charge in [0, 0.05) is 6.04 Å². The fourth-order valence-electron chi connectivity index (χ4n) is 2.04. The molecule has 1 N–H and O–H groups in total. The van der Waals surface area contributed by atoms with Crippen molar-refractivity contribution in [2.24, 2.45) is 0 Å². The lowest BCUT2D eigenvalue weighted by Gasteiger charge is -2.11. The van der Waals surface area contributed by atoms with E-state index in [-0.39, 0.29) is 0 Å². The molecule has 100 valence electrons. The van der Waals surface area contributed by atoms with Gasteiger partial charge in [-0.25, -0.2) is 0 Å². The summed E-state index contributed by atoms with van der Waals surface area (Å²) in [7, 11) is 1.98. The van der Waals surface area contributed by atoms with Crippen LogP contribution in [0.1, 0.15) is 25.5 Å². The first kappa shape index (κ1) is 13.6. The molecule has 0 radical (unpaired) electrons. The molecule has 2 rings (SSSR count). The third-order valence-electron chi connectivity index (χ3n) is 3.34. The first-order chi connectivity index (χ1) is 9.24. The first-order valence-electron chi connectivity index (χ1n) is 6.75. The Labute approximate surface area is 115 Å². The lowest BCUT2D eigenvalue weighted by Crippen LogP contribution is -2.11. The molecule has 2 heteroatoms. The van der Waals surface area contributed by atoms with Gasteiger partial charge in [-0.15, -0.1) is 0 Å². The topological polar surface area (TPSA) is 21.3 Å². The van der Waals surface area contributed by atoms with Crippen LogP contribution in [0.15, 0.2) is 48.5 Å². The second kappa shape index (κ2) is 6.39. The molecule has 0 aromatic heterocycles. The van der Waals surface area contributed by atoms with Gasteiger partial charge >= 0.3 is 0 Å². The van der Waals surface area contributed by atoms with Crippen molar-refractivity contribution in [1.29, 1.82) is 0 Å². The summed E-state index contributed by atoms with van der Waals surface area (Å²) in [6, 6.07) is 17.3. The highest BCUT2D eigenvalue weighted by Crippen LogP contribution is 2.24. The number of hydrogen-bond donors (Lipinski definition) is 1. The van der Waals surface area contributed by atoms with E-state index in [1.165, 1.54) is 16.7 Å². The van der Waals surface area contributed by atoms with Gasteiger partial charge in [0.05, 0.1) is 6.61 Å². The highest BCUT2D eigenvalue weighted by Gasteiger charge is 2.03. The van der Waals surface area contributed by atoms with Gasteiger partial charge in [0.2, 0.25) is 0 Å². The van der Waals surface area contributed by atoms with Gasteiger partial charge in [-0.2, -0.15) is 0 Å². The molecule has 19 heavy (non-hydrogen) atoms. The molecular weight excluding hydrogens is 234 g/mol. The van der Waals surface area contributed by atoms with E-state index in [4.69, 9.17) is 4.74 Å². The van der Waals surface area contributed by atoms with E-state index < -0.39 is 0 Å². The van der Waals surface area contributed by atoms with E-state index in [0.29, 0.717) is 12.6 Å². The van der Waals surface area contributed by atoms with Crippen LogP contribution in [-0.2, 0) is 0 Å². The fraction of sp³-hybridized carbons (Fsp3) is 0.294. The summed E-state index contributed by atoms with van der Waals surface area (Å²) < 4.78 is 5.45. The Morgan fingerprint density at radius 2 is 1.47 bits per heavy atom. The smallest absolute Gasteiger partial charge is 0.119 e. The molecular formula is C17H21NO. The molecule has 0 saturated heterocycles. The van der Waals surface area contributed by atoms with E-state index in [1.54, 1.807) is 0 Å². The summed E-state index contributed by atoms with van der Waals surface area (Å²) in [6.45, 7) is 4.86. The van der Waals surface area contributed by atoms with Crippen molar-refractivity contribution in [3.8, 4) is 16.9 Å². The molecule has 1 atom stereocenters. The summed E-state index contributed by atoms with van der Waals surface area (Å²) in [4.78, 5) is 0. The second-order valence-corrected chi connectivity index (χ2v) is 4.59. The first-order valence-corrected chi connectivity index (χ1v) is 6.75. The van der Waals surface area contributed by atoms with Crippen LogP contribution in [0, 0.1) is 0 Å². The number of hydrogen-bond acceptors (Lipinski definition) is 2. The Bertz CT molecular complexity index is 502. The third kappa shape index (κ3) is 3.36. The fourth-order valence-corrected chi connectivity index (χ4v) is 2.04. The van der Waals surface area contributed by atoms with Crippen LogP contribution >= 0.6 is 0 Å². The van der Waals surface area contributed by atoms with Gasteiger partial charge < -0.3 is 10.1 Å². The lowest BCUT2D eigenvalue weighted by molar-refractivity contribution is 0.340. The van der Waals surface area contributed by atoms with Gasteiger partial charge in [-0.05, 0) is 49.7 Å². The van der Waals surface area contributed by atoms with E-state index in [1.807, 2.05) is 26.1 Å². The van der Waals surface area contributed by atoms with Crippen molar-refractivity contribution in [3.63, 3.8) is 0 Å². The van der Waals surface area contributed by atoms with Crippen molar-refractivity contribution in [1.82, 2.24) is 5.32 Å².